The van der Waals surface area contributed by atoms with Crippen molar-refractivity contribution < 1.29 is 34.2 Å². The minimum absolute atomic E-state index is 0.0794. The van der Waals surface area contributed by atoms with Crippen molar-refractivity contribution in [1.82, 2.24) is 25.8 Å². The quantitative estimate of drug-likeness (QED) is 0.114. The Balaban J connectivity index is 1.31. The van der Waals surface area contributed by atoms with Gasteiger partial charge in [0.05, 0.1) is 12.6 Å². The van der Waals surface area contributed by atoms with E-state index in [1.165, 1.54) is 12.1 Å². The minimum atomic E-state index is -1.29. The summed E-state index contributed by atoms with van der Waals surface area (Å²) in [5, 5.41) is 27.8. The summed E-state index contributed by atoms with van der Waals surface area (Å²) >= 11 is 0. The van der Waals surface area contributed by atoms with Crippen molar-refractivity contribution in [2.75, 3.05) is 26.2 Å². The van der Waals surface area contributed by atoms with Gasteiger partial charge < -0.3 is 42.5 Å². The minimum Gasteiger partial charge on any atom is -0.508 e. The lowest BCUT2D eigenvalue weighted by molar-refractivity contribution is -0.160. The highest BCUT2D eigenvalue weighted by molar-refractivity contribution is 5.97. The molecule has 2 aliphatic heterocycles. The van der Waals surface area contributed by atoms with Crippen LogP contribution in [-0.2, 0) is 36.8 Å². The van der Waals surface area contributed by atoms with Gasteiger partial charge in [0.2, 0.25) is 23.6 Å². The molecule has 9 N–H and O–H groups in total. The van der Waals surface area contributed by atoms with E-state index < -0.39 is 47.4 Å². The van der Waals surface area contributed by atoms with Gasteiger partial charge in [0.1, 0.15) is 23.4 Å². The first-order valence-corrected chi connectivity index (χ1v) is 18.4. The van der Waals surface area contributed by atoms with Crippen LogP contribution in [0.5, 0.6) is 5.75 Å². The van der Waals surface area contributed by atoms with Gasteiger partial charge in [-0.1, -0.05) is 61.7 Å². The molecule has 3 aliphatic rings. The molecular weight excluding hydrogens is 666 g/mol. The van der Waals surface area contributed by atoms with Crippen LogP contribution in [-0.4, -0.2) is 112 Å². The van der Waals surface area contributed by atoms with Gasteiger partial charge in [-0.15, -0.1) is 0 Å². The van der Waals surface area contributed by atoms with Crippen molar-refractivity contribution in [2.24, 2.45) is 11.5 Å². The van der Waals surface area contributed by atoms with Gasteiger partial charge in [0, 0.05) is 31.6 Å². The maximum absolute atomic E-state index is 14.4. The number of aromatic hydroxyl groups is 1. The molecule has 282 valence electrons. The standard InChI is InChI=1S/C38H53N7O7/c39-18-8-5-11-31(36(51)45-27-21-28(45)23-44(22-27)24-33(47)48)42-37(52)38(16-6-2-7-17-38)43-35(50)32(20-25-9-3-1-4-10-25)41-34(49)30(40)19-26-12-14-29(46)15-13-26/h1,3-4,9-10,12-15,27-28,30-32,46H,2,5-8,11,16-24,39-40H2,(H,41,49)(H,42,52)(H,43,50)(H,47,48). The monoisotopic (exact) mass is 719 g/mol. The maximum Gasteiger partial charge on any atom is 0.317 e. The molecule has 5 atom stereocenters. The number of benzene rings is 2. The summed E-state index contributed by atoms with van der Waals surface area (Å²) in [4.78, 5) is 70.9. The summed E-state index contributed by atoms with van der Waals surface area (Å²) in [6.45, 7) is 1.29. The molecule has 2 saturated heterocycles. The number of piperidine rings is 1. The number of unbranched alkanes of at least 4 members (excludes halogenated alkanes) is 1. The zero-order valence-electron chi connectivity index (χ0n) is 29.7. The third kappa shape index (κ3) is 9.87. The molecule has 2 aromatic rings. The number of likely N-dealkylation sites (tertiary alicyclic amines) is 2. The molecule has 2 heterocycles. The lowest BCUT2D eigenvalue weighted by atomic mass is 9.80. The lowest BCUT2D eigenvalue weighted by Gasteiger charge is -2.57. The number of nitrogens with two attached hydrogens (primary N) is 2. The number of carbonyl (C=O) groups excluding carboxylic acids is 4. The maximum atomic E-state index is 14.4. The van der Waals surface area contributed by atoms with Crippen LogP contribution < -0.4 is 27.4 Å². The molecule has 5 rings (SSSR count). The molecule has 3 fully saturated rings. The van der Waals surface area contributed by atoms with E-state index >= 15 is 0 Å². The van der Waals surface area contributed by atoms with E-state index in [1.54, 1.807) is 17.0 Å². The van der Waals surface area contributed by atoms with Crippen molar-refractivity contribution in [3.63, 3.8) is 0 Å². The first-order chi connectivity index (χ1) is 25.0. The Morgan fingerprint density at radius 1 is 0.827 bits per heavy atom. The molecular formula is C38H53N7O7. The lowest BCUT2D eigenvalue weighted by Crippen LogP contribution is -2.73. The van der Waals surface area contributed by atoms with Crippen molar-refractivity contribution in [2.45, 2.75) is 106 Å². The number of fused-ring (bicyclic) bond motifs is 2. The topological polar surface area (TPSA) is 220 Å². The van der Waals surface area contributed by atoms with Crippen molar-refractivity contribution in [3.8, 4) is 5.75 Å². The van der Waals surface area contributed by atoms with Crippen molar-refractivity contribution in [1.29, 1.82) is 0 Å². The Morgan fingerprint density at radius 2 is 1.48 bits per heavy atom. The molecule has 14 heteroatoms. The summed E-state index contributed by atoms with van der Waals surface area (Å²) < 4.78 is 0. The average molecular weight is 720 g/mol. The number of carboxylic acids is 1. The second kappa shape index (κ2) is 17.8. The molecule has 0 radical (unpaired) electrons. The highest BCUT2D eigenvalue weighted by atomic mass is 16.4. The van der Waals surface area contributed by atoms with E-state index in [0.717, 1.165) is 24.0 Å². The van der Waals surface area contributed by atoms with Crippen LogP contribution in [0.3, 0.4) is 0 Å². The third-order valence-electron chi connectivity index (χ3n) is 10.6. The second-order valence-electron chi connectivity index (χ2n) is 14.5. The molecule has 0 spiro atoms. The fraction of sp³-hybridized carbons (Fsp3) is 0.553. The summed E-state index contributed by atoms with van der Waals surface area (Å²) in [6, 6.07) is 12.6. The highest BCUT2D eigenvalue weighted by Crippen LogP contribution is 2.34. The van der Waals surface area contributed by atoms with Gasteiger partial charge in [-0.25, -0.2) is 0 Å². The number of piperazine rings is 1. The fourth-order valence-corrected chi connectivity index (χ4v) is 7.81. The summed E-state index contributed by atoms with van der Waals surface area (Å²) in [5.74, 6) is -2.49. The molecule has 1 aliphatic carbocycles. The van der Waals surface area contributed by atoms with Crippen molar-refractivity contribution >= 4 is 29.6 Å². The highest BCUT2D eigenvalue weighted by Gasteiger charge is 2.50. The van der Waals surface area contributed by atoms with Crippen LogP contribution in [0.4, 0.5) is 0 Å². The van der Waals surface area contributed by atoms with E-state index in [0.29, 0.717) is 64.6 Å². The molecule has 2 bridgehead atoms. The van der Waals surface area contributed by atoms with Gasteiger partial charge in [-0.2, -0.15) is 0 Å². The van der Waals surface area contributed by atoms with Crippen LogP contribution in [0.2, 0.25) is 0 Å². The zero-order chi connectivity index (χ0) is 37.3. The average Bonchev–Trinajstić information content (AvgIpc) is 3.12. The largest absolute Gasteiger partial charge is 0.508 e. The first-order valence-electron chi connectivity index (χ1n) is 18.4. The predicted octanol–water partition coefficient (Wildman–Crippen LogP) is 0.792. The smallest absolute Gasteiger partial charge is 0.317 e. The SMILES string of the molecule is NCCCCC(NC(=O)C1(NC(=O)C(Cc2ccccc2)NC(=O)C(N)Cc2ccc(O)cc2)CCCCC1)C(=O)N1C2CC1CN(CC(=O)O)C2. The Morgan fingerprint density at radius 3 is 2.12 bits per heavy atom. The van der Waals surface area contributed by atoms with Crippen LogP contribution in [0.25, 0.3) is 0 Å². The first kappa shape index (κ1) is 38.7. The molecule has 5 unspecified atom stereocenters. The van der Waals surface area contributed by atoms with Crippen LogP contribution in [0, 0.1) is 0 Å². The summed E-state index contributed by atoms with van der Waals surface area (Å²) in [7, 11) is 0. The number of hydrogen-bond donors (Lipinski definition) is 7. The van der Waals surface area contributed by atoms with Gasteiger partial charge in [0.25, 0.3) is 0 Å². The number of carbonyl (C=O) groups is 5. The summed E-state index contributed by atoms with van der Waals surface area (Å²) in [5.41, 5.74) is 12.3. The van der Waals surface area contributed by atoms with E-state index in [2.05, 4.69) is 16.0 Å². The van der Waals surface area contributed by atoms with Gasteiger partial charge in [0.15, 0.2) is 0 Å². The number of phenols is 1. The Bertz CT molecular complexity index is 1540. The van der Waals surface area contributed by atoms with E-state index in [4.69, 9.17) is 11.5 Å². The van der Waals surface area contributed by atoms with Gasteiger partial charge in [-0.3, -0.25) is 28.9 Å². The number of hydrogen-bond acceptors (Lipinski definition) is 9. The molecule has 4 amide bonds. The van der Waals surface area contributed by atoms with E-state index in [9.17, 15) is 34.2 Å². The Kier molecular flexibility index (Phi) is 13.2. The number of carboxylic acid groups (broad SMARTS) is 1. The fourth-order valence-electron chi connectivity index (χ4n) is 7.81. The third-order valence-corrected chi connectivity index (χ3v) is 10.6. The predicted molar refractivity (Wildman–Crippen MR) is 194 cm³/mol. The number of nitrogens with zero attached hydrogens (tertiary/aromatic N) is 2. The molecule has 0 aromatic heterocycles. The molecule has 2 aromatic carbocycles. The van der Waals surface area contributed by atoms with E-state index in [1.807, 2.05) is 35.2 Å². The zero-order valence-corrected chi connectivity index (χ0v) is 29.7. The van der Waals surface area contributed by atoms with Gasteiger partial charge in [-0.05, 0) is 74.8 Å². The Hall–Kier alpha value is -4.53. The molecule has 14 nitrogen and oxygen atoms in total. The number of aliphatic carboxylic acids is 1. The number of nitrogens with one attached hydrogen (secondary N) is 3. The molecule has 1 saturated carbocycles. The van der Waals surface area contributed by atoms with Crippen molar-refractivity contribution in [3.05, 3.63) is 65.7 Å². The molecule has 52 heavy (non-hydrogen) atoms. The van der Waals surface area contributed by atoms with E-state index in [-0.39, 0.29) is 43.1 Å². The van der Waals surface area contributed by atoms with Crippen LogP contribution >= 0.6 is 0 Å². The van der Waals surface area contributed by atoms with Crippen LogP contribution in [0.15, 0.2) is 54.6 Å². The summed E-state index contributed by atoms with van der Waals surface area (Å²) in [6.07, 6.45) is 5.86. The Labute approximate surface area is 304 Å². The number of amides is 4. The number of rotatable bonds is 17. The normalized spacial score (nSPS) is 21.2. The second-order valence-corrected chi connectivity index (χ2v) is 14.5. The number of phenolic OH excluding ortho intramolecular Hbond substituents is 1. The van der Waals surface area contributed by atoms with Crippen LogP contribution in [0.1, 0.15) is 68.9 Å². The van der Waals surface area contributed by atoms with Gasteiger partial charge >= 0.3 is 5.97 Å².